The van der Waals surface area contributed by atoms with Crippen LogP contribution in [0.25, 0.3) is 0 Å². The lowest BCUT2D eigenvalue weighted by Gasteiger charge is -2.46. The van der Waals surface area contributed by atoms with Crippen molar-refractivity contribution in [2.24, 2.45) is 5.41 Å². The van der Waals surface area contributed by atoms with Crippen molar-refractivity contribution < 1.29 is 5.11 Å². The normalized spacial score (nSPS) is 23.5. The molecule has 19 heavy (non-hydrogen) atoms. The summed E-state index contributed by atoms with van der Waals surface area (Å²) in [6.07, 6.45) is 12.1. The highest BCUT2D eigenvalue weighted by Gasteiger charge is 2.36. The van der Waals surface area contributed by atoms with Gasteiger partial charge in [-0.2, -0.15) is 0 Å². The fraction of sp³-hybridized carbons (Fsp3) is 1.00. The fourth-order valence-electron chi connectivity index (χ4n) is 3.91. The molecular weight excluding hydrogens is 236 g/mol. The number of aliphatic hydroxyl groups is 1. The average molecular weight is 268 g/mol. The third-order valence-electron chi connectivity index (χ3n) is 5.20. The molecule has 0 aromatic rings. The Balaban J connectivity index is 1.94. The van der Waals surface area contributed by atoms with Gasteiger partial charge in [0.25, 0.3) is 0 Å². The van der Waals surface area contributed by atoms with E-state index in [0.29, 0.717) is 12.0 Å². The lowest BCUT2D eigenvalue weighted by atomic mass is 9.73. The first-order valence-corrected chi connectivity index (χ1v) is 8.29. The molecule has 3 nitrogen and oxygen atoms in total. The van der Waals surface area contributed by atoms with Crippen LogP contribution >= 0.6 is 0 Å². The van der Waals surface area contributed by atoms with E-state index in [-0.39, 0.29) is 0 Å². The SMILES string of the molecule is CNCC1(CN(CCCO)C2CCC2)CCCCC1. The zero-order valence-electron chi connectivity index (χ0n) is 12.7. The molecule has 2 saturated carbocycles. The van der Waals surface area contributed by atoms with E-state index in [4.69, 9.17) is 5.11 Å². The molecule has 0 heterocycles. The number of nitrogens with one attached hydrogen (secondary N) is 1. The van der Waals surface area contributed by atoms with Crippen molar-refractivity contribution in [2.45, 2.75) is 63.8 Å². The molecule has 2 rings (SSSR count). The van der Waals surface area contributed by atoms with Gasteiger partial charge in [0.05, 0.1) is 0 Å². The second-order valence-corrected chi connectivity index (χ2v) is 6.72. The van der Waals surface area contributed by atoms with Crippen LogP contribution in [0.3, 0.4) is 0 Å². The molecule has 112 valence electrons. The van der Waals surface area contributed by atoms with Crippen LogP contribution in [-0.4, -0.2) is 49.3 Å². The second-order valence-electron chi connectivity index (χ2n) is 6.72. The van der Waals surface area contributed by atoms with E-state index in [9.17, 15) is 0 Å². The van der Waals surface area contributed by atoms with Gasteiger partial charge in [0.1, 0.15) is 0 Å². The Morgan fingerprint density at radius 3 is 2.42 bits per heavy atom. The lowest BCUT2D eigenvalue weighted by Crippen LogP contribution is -2.50. The first kappa shape index (κ1) is 15.3. The third kappa shape index (κ3) is 4.17. The van der Waals surface area contributed by atoms with Gasteiger partial charge in [0.15, 0.2) is 0 Å². The lowest BCUT2D eigenvalue weighted by molar-refractivity contribution is 0.0430. The maximum absolute atomic E-state index is 9.12. The molecule has 0 spiro atoms. The van der Waals surface area contributed by atoms with Gasteiger partial charge in [-0.1, -0.05) is 25.7 Å². The zero-order valence-corrected chi connectivity index (χ0v) is 12.7. The number of nitrogens with zero attached hydrogens (tertiary/aromatic N) is 1. The highest BCUT2D eigenvalue weighted by atomic mass is 16.3. The van der Waals surface area contributed by atoms with Crippen LogP contribution in [0.4, 0.5) is 0 Å². The minimum atomic E-state index is 0.336. The predicted octanol–water partition coefficient (Wildman–Crippen LogP) is 2.39. The molecule has 2 N–H and O–H groups in total. The molecule has 2 aliphatic carbocycles. The molecule has 0 saturated heterocycles. The Hall–Kier alpha value is -0.120. The Labute approximate surface area is 118 Å². The summed E-state index contributed by atoms with van der Waals surface area (Å²) in [5.41, 5.74) is 0.498. The maximum atomic E-state index is 9.12. The van der Waals surface area contributed by atoms with Gasteiger partial charge in [0.2, 0.25) is 0 Å². The average Bonchev–Trinajstić information content (AvgIpc) is 2.35. The fourth-order valence-corrected chi connectivity index (χ4v) is 3.91. The highest BCUT2D eigenvalue weighted by molar-refractivity contribution is 4.91. The van der Waals surface area contributed by atoms with Crippen LogP contribution in [0, 0.1) is 5.41 Å². The first-order valence-electron chi connectivity index (χ1n) is 8.29. The molecule has 2 aliphatic rings. The smallest absolute Gasteiger partial charge is 0.0443 e. The van der Waals surface area contributed by atoms with Gasteiger partial charge in [-0.05, 0) is 44.6 Å². The summed E-state index contributed by atoms with van der Waals surface area (Å²) in [6, 6.07) is 0.808. The molecule has 0 amide bonds. The number of hydrogen-bond donors (Lipinski definition) is 2. The molecule has 0 bridgehead atoms. The van der Waals surface area contributed by atoms with E-state index < -0.39 is 0 Å². The van der Waals surface area contributed by atoms with E-state index in [2.05, 4.69) is 17.3 Å². The zero-order chi connectivity index (χ0) is 13.6. The molecule has 0 aromatic carbocycles. The van der Waals surface area contributed by atoms with Crippen molar-refractivity contribution in [1.29, 1.82) is 0 Å². The quantitative estimate of drug-likeness (QED) is 0.709. The Morgan fingerprint density at radius 1 is 1.16 bits per heavy atom. The van der Waals surface area contributed by atoms with E-state index in [0.717, 1.165) is 25.6 Å². The van der Waals surface area contributed by atoms with E-state index in [1.54, 1.807) is 0 Å². The second kappa shape index (κ2) is 7.61. The summed E-state index contributed by atoms with van der Waals surface area (Å²) >= 11 is 0. The highest BCUT2D eigenvalue weighted by Crippen LogP contribution is 2.38. The maximum Gasteiger partial charge on any atom is 0.0443 e. The van der Waals surface area contributed by atoms with Crippen molar-refractivity contribution in [3.05, 3.63) is 0 Å². The topological polar surface area (TPSA) is 35.5 Å². The molecule has 0 atom stereocenters. The summed E-state index contributed by atoms with van der Waals surface area (Å²) in [4.78, 5) is 2.70. The molecule has 0 aliphatic heterocycles. The van der Waals surface area contributed by atoms with Crippen LogP contribution in [0.5, 0.6) is 0 Å². The van der Waals surface area contributed by atoms with Crippen LogP contribution in [0.2, 0.25) is 0 Å². The van der Waals surface area contributed by atoms with Crippen LogP contribution in [-0.2, 0) is 0 Å². The minimum absolute atomic E-state index is 0.336. The van der Waals surface area contributed by atoms with Gasteiger partial charge < -0.3 is 10.4 Å². The summed E-state index contributed by atoms with van der Waals surface area (Å²) in [5.74, 6) is 0. The number of aliphatic hydroxyl groups excluding tert-OH is 1. The van der Waals surface area contributed by atoms with E-state index >= 15 is 0 Å². The van der Waals surface area contributed by atoms with Gasteiger partial charge in [0, 0.05) is 32.3 Å². The standard InChI is InChI=1S/C16H32N2O/c1-17-13-16(9-3-2-4-10-16)14-18(11-6-12-19)15-7-5-8-15/h15,17,19H,2-14H2,1H3. The van der Waals surface area contributed by atoms with Crippen molar-refractivity contribution in [3.63, 3.8) is 0 Å². The minimum Gasteiger partial charge on any atom is -0.396 e. The van der Waals surface area contributed by atoms with Gasteiger partial charge >= 0.3 is 0 Å². The van der Waals surface area contributed by atoms with E-state index in [1.165, 1.54) is 57.9 Å². The third-order valence-corrected chi connectivity index (χ3v) is 5.20. The molecule has 0 aromatic heterocycles. The van der Waals surface area contributed by atoms with Crippen molar-refractivity contribution in [1.82, 2.24) is 10.2 Å². The van der Waals surface area contributed by atoms with E-state index in [1.807, 2.05) is 0 Å². The summed E-state index contributed by atoms with van der Waals surface area (Å²) < 4.78 is 0. The van der Waals surface area contributed by atoms with Gasteiger partial charge in [-0.3, -0.25) is 4.90 Å². The Kier molecular flexibility index (Phi) is 6.11. The molecule has 2 fully saturated rings. The number of hydrogen-bond acceptors (Lipinski definition) is 3. The van der Waals surface area contributed by atoms with Crippen molar-refractivity contribution in [2.75, 3.05) is 33.3 Å². The Bertz CT molecular complexity index is 242. The summed E-state index contributed by atoms with van der Waals surface area (Å²) in [7, 11) is 2.10. The largest absolute Gasteiger partial charge is 0.396 e. The van der Waals surface area contributed by atoms with Crippen molar-refractivity contribution in [3.8, 4) is 0 Å². The van der Waals surface area contributed by atoms with Gasteiger partial charge in [-0.25, -0.2) is 0 Å². The summed E-state index contributed by atoms with van der Waals surface area (Å²) in [5, 5.41) is 12.6. The molecule has 3 heteroatoms. The van der Waals surface area contributed by atoms with Crippen molar-refractivity contribution >= 4 is 0 Å². The first-order chi connectivity index (χ1) is 9.29. The Morgan fingerprint density at radius 2 is 1.89 bits per heavy atom. The molecule has 0 radical (unpaired) electrons. The van der Waals surface area contributed by atoms with Crippen LogP contribution < -0.4 is 5.32 Å². The molecule has 0 unspecified atom stereocenters. The van der Waals surface area contributed by atoms with Crippen LogP contribution in [0.15, 0.2) is 0 Å². The van der Waals surface area contributed by atoms with Crippen LogP contribution in [0.1, 0.15) is 57.8 Å². The monoisotopic (exact) mass is 268 g/mol. The summed E-state index contributed by atoms with van der Waals surface area (Å²) in [6.45, 7) is 3.84. The number of rotatable bonds is 8. The van der Waals surface area contributed by atoms with Gasteiger partial charge in [-0.15, -0.1) is 0 Å². The predicted molar refractivity (Wildman–Crippen MR) is 80.4 cm³/mol. The molecular formula is C16H32N2O.